The summed E-state index contributed by atoms with van der Waals surface area (Å²) in [6, 6.07) is 7.14. The Hall–Kier alpha value is -1.84. The van der Waals surface area contributed by atoms with E-state index in [0.717, 1.165) is 24.1 Å². The third-order valence-corrected chi connectivity index (χ3v) is 4.16. The van der Waals surface area contributed by atoms with Crippen molar-refractivity contribution in [3.63, 3.8) is 0 Å². The van der Waals surface area contributed by atoms with Crippen molar-refractivity contribution in [1.82, 2.24) is 4.90 Å². The standard InChI is InChI=1S/C15H18N2O2/c1-10-7-8-16-13(9-10)14(18)17(15(16)19)12-6-4-3-5-11(12)2/h3-6,10,13H,7-9H2,1-2H3/t10-,13+/m0/s1. The molecule has 2 heterocycles. The van der Waals surface area contributed by atoms with E-state index in [0.29, 0.717) is 12.5 Å². The van der Waals surface area contributed by atoms with Gasteiger partial charge in [-0.1, -0.05) is 25.1 Å². The van der Waals surface area contributed by atoms with Crippen LogP contribution in [0.5, 0.6) is 0 Å². The second kappa shape index (κ2) is 4.37. The highest BCUT2D eigenvalue weighted by Gasteiger charge is 2.48. The third kappa shape index (κ3) is 1.82. The summed E-state index contributed by atoms with van der Waals surface area (Å²) in [6.45, 7) is 4.76. The number of amides is 3. The van der Waals surface area contributed by atoms with Gasteiger partial charge in [0.1, 0.15) is 6.04 Å². The molecule has 0 spiro atoms. The average molecular weight is 258 g/mol. The molecule has 4 nitrogen and oxygen atoms in total. The summed E-state index contributed by atoms with van der Waals surface area (Å²) >= 11 is 0. The van der Waals surface area contributed by atoms with Crippen molar-refractivity contribution in [2.24, 2.45) is 5.92 Å². The van der Waals surface area contributed by atoms with E-state index in [-0.39, 0.29) is 18.0 Å². The number of aryl methyl sites for hydroxylation is 1. The van der Waals surface area contributed by atoms with Crippen LogP contribution in [0.3, 0.4) is 0 Å². The van der Waals surface area contributed by atoms with Gasteiger partial charge in [0.25, 0.3) is 5.91 Å². The van der Waals surface area contributed by atoms with Gasteiger partial charge < -0.3 is 4.90 Å². The first kappa shape index (κ1) is 12.2. The lowest BCUT2D eigenvalue weighted by atomic mass is 9.93. The highest BCUT2D eigenvalue weighted by atomic mass is 16.2. The number of anilines is 1. The number of imide groups is 1. The Bertz CT molecular complexity index is 541. The first-order valence-electron chi connectivity index (χ1n) is 6.80. The molecule has 0 radical (unpaired) electrons. The van der Waals surface area contributed by atoms with Gasteiger partial charge in [0.2, 0.25) is 0 Å². The molecule has 100 valence electrons. The molecule has 2 atom stereocenters. The topological polar surface area (TPSA) is 40.6 Å². The van der Waals surface area contributed by atoms with Crippen LogP contribution >= 0.6 is 0 Å². The largest absolute Gasteiger partial charge is 0.332 e. The Morgan fingerprint density at radius 1 is 1.21 bits per heavy atom. The number of hydrogen-bond acceptors (Lipinski definition) is 2. The van der Waals surface area contributed by atoms with Crippen LogP contribution in [0.15, 0.2) is 24.3 Å². The maximum Gasteiger partial charge on any atom is 0.332 e. The van der Waals surface area contributed by atoms with Crippen molar-refractivity contribution < 1.29 is 9.59 Å². The van der Waals surface area contributed by atoms with E-state index in [2.05, 4.69) is 6.92 Å². The Labute approximate surface area is 113 Å². The van der Waals surface area contributed by atoms with E-state index in [4.69, 9.17) is 0 Å². The van der Waals surface area contributed by atoms with Gasteiger partial charge in [0.15, 0.2) is 0 Å². The molecule has 2 aliphatic heterocycles. The fourth-order valence-corrected chi connectivity index (χ4v) is 3.01. The lowest BCUT2D eigenvalue weighted by Gasteiger charge is -2.30. The van der Waals surface area contributed by atoms with Crippen molar-refractivity contribution in [1.29, 1.82) is 0 Å². The van der Waals surface area contributed by atoms with Crippen LogP contribution in [0.25, 0.3) is 0 Å². The van der Waals surface area contributed by atoms with Crippen molar-refractivity contribution >= 4 is 17.6 Å². The maximum absolute atomic E-state index is 12.5. The van der Waals surface area contributed by atoms with E-state index in [1.165, 1.54) is 4.90 Å². The van der Waals surface area contributed by atoms with Crippen molar-refractivity contribution in [3.8, 4) is 0 Å². The predicted molar refractivity (Wildman–Crippen MR) is 73.0 cm³/mol. The summed E-state index contributed by atoms with van der Waals surface area (Å²) in [5, 5.41) is 0. The molecule has 2 aliphatic rings. The Morgan fingerprint density at radius 3 is 2.68 bits per heavy atom. The fourth-order valence-electron chi connectivity index (χ4n) is 3.01. The van der Waals surface area contributed by atoms with E-state index < -0.39 is 0 Å². The molecule has 0 bridgehead atoms. The van der Waals surface area contributed by atoms with Gasteiger partial charge in [0, 0.05) is 6.54 Å². The van der Waals surface area contributed by atoms with Crippen LogP contribution in [0.1, 0.15) is 25.3 Å². The van der Waals surface area contributed by atoms with Crippen LogP contribution in [0, 0.1) is 12.8 Å². The SMILES string of the molecule is Cc1ccccc1N1C(=O)[C@H]2C[C@@H](C)CCN2C1=O. The first-order valence-corrected chi connectivity index (χ1v) is 6.80. The molecular formula is C15H18N2O2. The normalized spacial score (nSPS) is 26.8. The molecule has 4 heteroatoms. The van der Waals surface area contributed by atoms with Gasteiger partial charge >= 0.3 is 6.03 Å². The van der Waals surface area contributed by atoms with Crippen LogP contribution in [-0.2, 0) is 4.79 Å². The Morgan fingerprint density at radius 2 is 1.95 bits per heavy atom. The van der Waals surface area contributed by atoms with E-state index in [1.54, 1.807) is 4.90 Å². The lowest BCUT2D eigenvalue weighted by Crippen LogP contribution is -2.41. The lowest BCUT2D eigenvalue weighted by molar-refractivity contribution is -0.120. The summed E-state index contributed by atoms with van der Waals surface area (Å²) in [5.41, 5.74) is 1.68. The van der Waals surface area contributed by atoms with Gasteiger partial charge in [-0.3, -0.25) is 4.79 Å². The van der Waals surface area contributed by atoms with Crippen LogP contribution in [-0.4, -0.2) is 29.4 Å². The predicted octanol–water partition coefficient (Wildman–Crippen LogP) is 2.56. The summed E-state index contributed by atoms with van der Waals surface area (Å²) in [4.78, 5) is 28.0. The minimum absolute atomic E-state index is 0.0640. The molecule has 19 heavy (non-hydrogen) atoms. The number of urea groups is 1. The summed E-state index contributed by atoms with van der Waals surface area (Å²) in [6.07, 6.45) is 1.77. The number of carbonyl (C=O) groups is 2. The molecule has 2 saturated heterocycles. The first-order chi connectivity index (χ1) is 9.09. The number of hydrogen-bond donors (Lipinski definition) is 0. The number of para-hydroxylation sites is 1. The van der Waals surface area contributed by atoms with Crippen LogP contribution in [0.2, 0.25) is 0 Å². The molecule has 0 aromatic heterocycles. The molecule has 0 N–H and O–H groups in total. The van der Waals surface area contributed by atoms with Gasteiger partial charge in [-0.2, -0.15) is 0 Å². The van der Waals surface area contributed by atoms with Crippen molar-refractivity contribution in [2.45, 2.75) is 32.7 Å². The van der Waals surface area contributed by atoms with Crippen molar-refractivity contribution in [3.05, 3.63) is 29.8 Å². The van der Waals surface area contributed by atoms with E-state index in [1.807, 2.05) is 31.2 Å². The molecule has 2 fully saturated rings. The second-order valence-electron chi connectivity index (χ2n) is 5.58. The molecule has 3 rings (SSSR count). The van der Waals surface area contributed by atoms with Crippen LogP contribution < -0.4 is 4.90 Å². The fraction of sp³-hybridized carbons (Fsp3) is 0.467. The zero-order chi connectivity index (χ0) is 13.6. The summed E-state index contributed by atoms with van der Waals surface area (Å²) in [7, 11) is 0. The highest BCUT2D eigenvalue weighted by Crippen LogP contribution is 2.33. The second-order valence-corrected chi connectivity index (χ2v) is 5.58. The van der Waals surface area contributed by atoms with E-state index >= 15 is 0 Å². The molecule has 0 aliphatic carbocycles. The van der Waals surface area contributed by atoms with Gasteiger partial charge in [-0.25, -0.2) is 9.69 Å². The monoisotopic (exact) mass is 258 g/mol. The zero-order valence-electron chi connectivity index (χ0n) is 11.3. The minimum Gasteiger partial charge on any atom is -0.312 e. The summed E-state index contributed by atoms with van der Waals surface area (Å²) < 4.78 is 0. The highest BCUT2D eigenvalue weighted by molar-refractivity contribution is 6.21. The molecule has 0 saturated carbocycles. The average Bonchev–Trinajstić information content (AvgIpc) is 2.63. The molecule has 1 aromatic rings. The minimum atomic E-state index is -0.254. The Kier molecular flexibility index (Phi) is 2.81. The number of carbonyl (C=O) groups excluding carboxylic acids is 2. The van der Waals surface area contributed by atoms with E-state index in [9.17, 15) is 9.59 Å². The molecule has 1 aromatic carbocycles. The Balaban J connectivity index is 1.98. The van der Waals surface area contributed by atoms with Gasteiger partial charge in [-0.15, -0.1) is 0 Å². The number of fused-ring (bicyclic) bond motifs is 1. The van der Waals surface area contributed by atoms with Crippen LogP contribution in [0.4, 0.5) is 10.5 Å². The van der Waals surface area contributed by atoms with Gasteiger partial charge in [0.05, 0.1) is 5.69 Å². The van der Waals surface area contributed by atoms with Crippen molar-refractivity contribution in [2.75, 3.05) is 11.4 Å². The smallest absolute Gasteiger partial charge is 0.312 e. The molecule has 3 amide bonds. The maximum atomic E-state index is 12.5. The number of nitrogens with zero attached hydrogens (tertiary/aromatic N) is 2. The van der Waals surface area contributed by atoms with Gasteiger partial charge in [-0.05, 0) is 37.3 Å². The number of piperidine rings is 1. The zero-order valence-corrected chi connectivity index (χ0v) is 11.3. The third-order valence-electron chi connectivity index (χ3n) is 4.16. The quantitative estimate of drug-likeness (QED) is 0.726. The number of benzene rings is 1. The summed E-state index contributed by atoms with van der Waals surface area (Å²) in [5.74, 6) is 0.445. The number of rotatable bonds is 1. The molecular weight excluding hydrogens is 240 g/mol. The molecule has 0 unspecified atom stereocenters.